The maximum atomic E-state index is 13.2. The first-order valence-electron chi connectivity index (χ1n) is 10.4. The number of aromatic nitrogens is 1. The maximum Gasteiger partial charge on any atom is 0.229 e. The van der Waals surface area contributed by atoms with Crippen LogP contribution in [0.25, 0.3) is 10.2 Å². The van der Waals surface area contributed by atoms with Crippen LogP contribution in [0.5, 0.6) is 0 Å². The summed E-state index contributed by atoms with van der Waals surface area (Å²) >= 11 is 10.9. The molecular formula is C23H28ClN3OS3. The predicted octanol–water partition coefficient (Wildman–Crippen LogP) is 6.53. The molecule has 0 bridgehead atoms. The summed E-state index contributed by atoms with van der Waals surface area (Å²) in [5.74, 6) is 0.849. The summed E-state index contributed by atoms with van der Waals surface area (Å²) in [4.78, 5) is 24.6. The number of nitrogens with zero attached hydrogens (tertiary/aromatic N) is 3. The Balaban J connectivity index is 1.75. The lowest BCUT2D eigenvalue weighted by Crippen LogP contribution is -2.39. The first kappa shape index (κ1) is 24.4. The minimum absolute atomic E-state index is 0.123. The fraction of sp³-hybridized carbons (Fsp3) is 0.391. The summed E-state index contributed by atoms with van der Waals surface area (Å²) in [5, 5.41) is 1.52. The summed E-state index contributed by atoms with van der Waals surface area (Å²) in [5.41, 5.74) is 0.992. The second-order valence-electron chi connectivity index (χ2n) is 6.93. The molecule has 0 saturated carbocycles. The van der Waals surface area contributed by atoms with Gasteiger partial charge in [0.15, 0.2) is 5.13 Å². The van der Waals surface area contributed by atoms with Gasteiger partial charge in [0.25, 0.3) is 0 Å². The number of benzene rings is 2. The van der Waals surface area contributed by atoms with Gasteiger partial charge in [0.1, 0.15) is 0 Å². The van der Waals surface area contributed by atoms with Gasteiger partial charge >= 0.3 is 0 Å². The molecule has 1 amide bonds. The average molecular weight is 494 g/mol. The molecule has 1 aromatic heterocycles. The highest BCUT2D eigenvalue weighted by molar-refractivity contribution is 7.99. The number of anilines is 1. The SMILES string of the molecule is CCN(CC)CCN(C(=O)CCSc1ccc(Cl)cc1)c1nc2c(SC)cccc2s1. The van der Waals surface area contributed by atoms with Crippen molar-refractivity contribution in [2.75, 3.05) is 43.1 Å². The third kappa shape index (κ3) is 6.62. The molecule has 0 aliphatic rings. The van der Waals surface area contributed by atoms with Crippen molar-refractivity contribution in [3.63, 3.8) is 0 Å². The number of likely N-dealkylation sites (N-methyl/N-ethyl adjacent to an activating group) is 1. The van der Waals surface area contributed by atoms with Gasteiger partial charge in [-0.15, -0.1) is 23.5 Å². The largest absolute Gasteiger partial charge is 0.302 e. The van der Waals surface area contributed by atoms with Gasteiger partial charge in [-0.3, -0.25) is 9.69 Å². The lowest BCUT2D eigenvalue weighted by Gasteiger charge is -2.24. The van der Waals surface area contributed by atoms with Crippen molar-refractivity contribution in [1.29, 1.82) is 0 Å². The van der Waals surface area contributed by atoms with Crippen LogP contribution in [-0.4, -0.2) is 54.0 Å². The number of halogens is 1. The van der Waals surface area contributed by atoms with E-state index in [2.05, 4.69) is 43.2 Å². The number of rotatable bonds is 11. The van der Waals surface area contributed by atoms with Gasteiger partial charge in [-0.25, -0.2) is 4.98 Å². The van der Waals surface area contributed by atoms with Crippen molar-refractivity contribution in [3.8, 4) is 0 Å². The number of hydrogen-bond donors (Lipinski definition) is 0. The monoisotopic (exact) mass is 493 g/mol. The third-order valence-electron chi connectivity index (χ3n) is 5.06. The highest BCUT2D eigenvalue weighted by Gasteiger charge is 2.21. The Labute approximate surface area is 202 Å². The van der Waals surface area contributed by atoms with Crippen molar-refractivity contribution >= 4 is 67.7 Å². The van der Waals surface area contributed by atoms with Crippen LogP contribution < -0.4 is 4.90 Å². The van der Waals surface area contributed by atoms with E-state index in [1.165, 1.54) is 0 Å². The molecule has 0 saturated heterocycles. The molecule has 0 radical (unpaired) electrons. The molecule has 166 valence electrons. The van der Waals surface area contributed by atoms with Crippen molar-refractivity contribution in [2.24, 2.45) is 0 Å². The summed E-state index contributed by atoms with van der Waals surface area (Å²) in [6.07, 6.45) is 2.53. The van der Waals surface area contributed by atoms with E-state index in [0.717, 1.165) is 55.5 Å². The fourth-order valence-electron chi connectivity index (χ4n) is 3.22. The number of carbonyl (C=O) groups excluding carboxylic acids is 1. The van der Waals surface area contributed by atoms with Crippen LogP contribution >= 0.6 is 46.5 Å². The zero-order chi connectivity index (χ0) is 22.2. The van der Waals surface area contributed by atoms with Crippen LogP contribution in [0, 0.1) is 0 Å². The van der Waals surface area contributed by atoms with Gasteiger partial charge < -0.3 is 4.90 Å². The summed E-state index contributed by atoms with van der Waals surface area (Å²) < 4.78 is 1.12. The van der Waals surface area contributed by atoms with Crippen molar-refractivity contribution in [2.45, 2.75) is 30.1 Å². The zero-order valence-electron chi connectivity index (χ0n) is 18.1. The molecular weight excluding hydrogens is 466 g/mol. The molecule has 0 fully saturated rings. The summed E-state index contributed by atoms with van der Waals surface area (Å²) in [6.45, 7) is 7.75. The molecule has 4 nitrogen and oxygen atoms in total. The molecule has 0 aliphatic heterocycles. The van der Waals surface area contributed by atoms with Gasteiger partial charge in [-0.05, 0) is 55.7 Å². The van der Waals surface area contributed by atoms with E-state index in [1.807, 2.05) is 29.2 Å². The molecule has 0 spiro atoms. The van der Waals surface area contributed by atoms with E-state index in [9.17, 15) is 4.79 Å². The second-order valence-corrected chi connectivity index (χ2v) is 10.4. The lowest BCUT2D eigenvalue weighted by atomic mass is 10.3. The van der Waals surface area contributed by atoms with Crippen molar-refractivity contribution in [3.05, 3.63) is 47.5 Å². The van der Waals surface area contributed by atoms with Crippen LogP contribution in [0.3, 0.4) is 0 Å². The number of para-hydroxylation sites is 1. The van der Waals surface area contributed by atoms with E-state index < -0.39 is 0 Å². The van der Waals surface area contributed by atoms with E-state index in [4.69, 9.17) is 16.6 Å². The molecule has 0 N–H and O–H groups in total. The lowest BCUT2D eigenvalue weighted by molar-refractivity contribution is -0.118. The Morgan fingerprint density at radius 3 is 2.52 bits per heavy atom. The average Bonchev–Trinajstić information content (AvgIpc) is 3.22. The Morgan fingerprint density at radius 2 is 1.84 bits per heavy atom. The molecule has 0 aliphatic carbocycles. The topological polar surface area (TPSA) is 36.4 Å². The number of amides is 1. The van der Waals surface area contributed by atoms with Crippen molar-refractivity contribution in [1.82, 2.24) is 9.88 Å². The standard InChI is InChI=1S/C23H28ClN3OS3/c1-4-26(5-2)14-15-27(21(28)13-16-30-18-11-9-17(24)10-12-18)23-25-22-19(29-3)7-6-8-20(22)31-23/h6-12H,4-5,13-16H2,1-3H3. The first-order valence-corrected chi connectivity index (χ1v) is 13.8. The highest BCUT2D eigenvalue weighted by atomic mass is 35.5. The fourth-order valence-corrected chi connectivity index (χ4v) is 5.85. The van der Waals surface area contributed by atoms with Gasteiger partial charge in [-0.2, -0.15) is 0 Å². The van der Waals surface area contributed by atoms with Gasteiger partial charge in [-0.1, -0.05) is 42.9 Å². The smallest absolute Gasteiger partial charge is 0.229 e. The molecule has 3 rings (SSSR count). The Hall–Kier alpha value is -1.25. The number of fused-ring (bicyclic) bond motifs is 1. The van der Waals surface area contributed by atoms with Crippen LogP contribution in [0.2, 0.25) is 5.02 Å². The number of carbonyl (C=O) groups is 1. The van der Waals surface area contributed by atoms with Gasteiger partial charge in [0.05, 0.1) is 10.2 Å². The van der Waals surface area contributed by atoms with E-state index in [0.29, 0.717) is 13.0 Å². The van der Waals surface area contributed by atoms with Crippen LogP contribution in [0.4, 0.5) is 5.13 Å². The minimum atomic E-state index is 0.123. The van der Waals surface area contributed by atoms with Crippen molar-refractivity contribution < 1.29 is 4.79 Å². The Bertz CT molecular complexity index is 989. The predicted molar refractivity (Wildman–Crippen MR) is 138 cm³/mol. The second kappa shape index (κ2) is 12.1. The minimum Gasteiger partial charge on any atom is -0.302 e. The Morgan fingerprint density at radius 1 is 1.10 bits per heavy atom. The van der Waals surface area contributed by atoms with E-state index >= 15 is 0 Å². The van der Waals surface area contributed by atoms with Crippen LogP contribution in [0.1, 0.15) is 20.3 Å². The quantitative estimate of drug-likeness (QED) is 0.284. The van der Waals surface area contributed by atoms with Gasteiger partial charge in [0.2, 0.25) is 5.91 Å². The van der Waals surface area contributed by atoms with Gasteiger partial charge in [0, 0.05) is 40.1 Å². The third-order valence-corrected chi connectivity index (χ3v) is 8.13. The Kier molecular flexibility index (Phi) is 9.53. The molecule has 3 aromatic rings. The normalized spacial score (nSPS) is 11.4. The van der Waals surface area contributed by atoms with Crippen LogP contribution in [-0.2, 0) is 4.79 Å². The molecule has 0 atom stereocenters. The first-order chi connectivity index (χ1) is 15.0. The molecule has 2 aromatic carbocycles. The van der Waals surface area contributed by atoms with Crippen LogP contribution in [0.15, 0.2) is 52.3 Å². The number of hydrogen-bond acceptors (Lipinski definition) is 6. The molecule has 31 heavy (non-hydrogen) atoms. The molecule has 1 heterocycles. The maximum absolute atomic E-state index is 13.2. The van der Waals surface area contributed by atoms with E-state index in [1.54, 1.807) is 34.9 Å². The highest BCUT2D eigenvalue weighted by Crippen LogP contribution is 2.34. The number of thioether (sulfide) groups is 2. The molecule has 0 unspecified atom stereocenters. The summed E-state index contributed by atoms with van der Waals surface area (Å²) in [7, 11) is 0. The molecule has 8 heteroatoms. The zero-order valence-corrected chi connectivity index (χ0v) is 21.3. The van der Waals surface area contributed by atoms with E-state index in [-0.39, 0.29) is 5.91 Å². The summed E-state index contributed by atoms with van der Waals surface area (Å²) in [6, 6.07) is 14.0. The number of thiazole rings is 1.